The van der Waals surface area contributed by atoms with E-state index < -0.39 is 0 Å². The minimum absolute atomic E-state index is 0.185. The lowest BCUT2D eigenvalue weighted by Crippen LogP contribution is -2.32. The molecule has 2 aromatic rings. The van der Waals surface area contributed by atoms with Gasteiger partial charge in [0.15, 0.2) is 5.82 Å². The van der Waals surface area contributed by atoms with Crippen LogP contribution in [-0.2, 0) is 17.6 Å². The van der Waals surface area contributed by atoms with E-state index in [2.05, 4.69) is 47.5 Å². The maximum absolute atomic E-state index is 5.31. The van der Waals surface area contributed by atoms with Crippen LogP contribution in [0.2, 0.25) is 0 Å². The standard InChI is InChI=1S/C16H23N3O2/c1-11-5-6-13(7-12(11)2)8-15-18-16(21-19-15)9-14(17-3)10-20-4/h5-7,14,17H,8-10H2,1-4H3. The van der Waals surface area contributed by atoms with E-state index >= 15 is 0 Å². The van der Waals surface area contributed by atoms with Gasteiger partial charge in [-0.05, 0) is 37.6 Å². The Morgan fingerprint density at radius 1 is 1.29 bits per heavy atom. The molecule has 1 aromatic heterocycles. The Hall–Kier alpha value is -1.72. The van der Waals surface area contributed by atoms with Gasteiger partial charge in [-0.3, -0.25) is 0 Å². The molecule has 0 saturated heterocycles. The third kappa shape index (κ3) is 4.37. The monoisotopic (exact) mass is 289 g/mol. The van der Waals surface area contributed by atoms with Gasteiger partial charge in [0.1, 0.15) is 0 Å². The van der Waals surface area contributed by atoms with E-state index in [1.54, 1.807) is 7.11 Å². The highest BCUT2D eigenvalue weighted by molar-refractivity contribution is 5.31. The summed E-state index contributed by atoms with van der Waals surface area (Å²) in [5, 5.41) is 7.23. The molecule has 1 N–H and O–H groups in total. The fourth-order valence-corrected chi connectivity index (χ4v) is 2.20. The molecular formula is C16H23N3O2. The highest BCUT2D eigenvalue weighted by Crippen LogP contribution is 2.13. The predicted octanol–water partition coefficient (Wildman–Crippen LogP) is 2.05. The van der Waals surface area contributed by atoms with Crippen LogP contribution in [0.4, 0.5) is 0 Å². The Labute approximate surface area is 125 Å². The first-order chi connectivity index (χ1) is 10.1. The van der Waals surface area contributed by atoms with Crippen molar-refractivity contribution in [2.24, 2.45) is 0 Å². The zero-order chi connectivity index (χ0) is 15.2. The Morgan fingerprint density at radius 2 is 2.10 bits per heavy atom. The smallest absolute Gasteiger partial charge is 0.228 e. The molecule has 0 aliphatic rings. The second-order valence-electron chi connectivity index (χ2n) is 5.34. The van der Waals surface area contributed by atoms with Gasteiger partial charge in [0, 0.05) is 26.0 Å². The molecule has 0 fully saturated rings. The number of hydrogen-bond donors (Lipinski definition) is 1. The lowest BCUT2D eigenvalue weighted by molar-refractivity contribution is 0.165. The van der Waals surface area contributed by atoms with Crippen LogP contribution >= 0.6 is 0 Å². The number of hydrogen-bond acceptors (Lipinski definition) is 5. The van der Waals surface area contributed by atoms with E-state index in [0.29, 0.717) is 25.3 Å². The van der Waals surface area contributed by atoms with Crippen molar-refractivity contribution in [1.82, 2.24) is 15.5 Å². The Balaban J connectivity index is 2.00. The van der Waals surface area contributed by atoms with Crippen LogP contribution in [0.1, 0.15) is 28.4 Å². The minimum atomic E-state index is 0.185. The van der Waals surface area contributed by atoms with Gasteiger partial charge in [-0.2, -0.15) is 4.98 Å². The summed E-state index contributed by atoms with van der Waals surface area (Å²) >= 11 is 0. The lowest BCUT2D eigenvalue weighted by Gasteiger charge is -2.11. The topological polar surface area (TPSA) is 60.2 Å². The summed E-state index contributed by atoms with van der Waals surface area (Å²) in [6.45, 7) is 4.84. The number of rotatable bonds is 7. The van der Waals surface area contributed by atoms with Crippen molar-refractivity contribution in [3.8, 4) is 0 Å². The van der Waals surface area contributed by atoms with Crippen molar-refractivity contribution in [1.29, 1.82) is 0 Å². The second kappa shape index (κ2) is 7.33. The molecule has 0 amide bonds. The van der Waals surface area contributed by atoms with Crippen LogP contribution in [0, 0.1) is 13.8 Å². The molecule has 0 spiro atoms. The fraction of sp³-hybridized carbons (Fsp3) is 0.500. The Kier molecular flexibility index (Phi) is 5.47. The van der Waals surface area contributed by atoms with Crippen LogP contribution < -0.4 is 5.32 Å². The number of aryl methyl sites for hydroxylation is 2. The molecule has 1 atom stereocenters. The van der Waals surface area contributed by atoms with Crippen LogP contribution in [0.25, 0.3) is 0 Å². The first-order valence-electron chi connectivity index (χ1n) is 7.16. The van der Waals surface area contributed by atoms with Crippen molar-refractivity contribution in [3.05, 3.63) is 46.6 Å². The predicted molar refractivity (Wildman–Crippen MR) is 81.4 cm³/mol. The van der Waals surface area contributed by atoms with Crippen LogP contribution in [0.15, 0.2) is 22.7 Å². The normalized spacial score (nSPS) is 12.6. The quantitative estimate of drug-likeness (QED) is 0.845. The molecule has 0 radical (unpaired) electrons. The molecule has 21 heavy (non-hydrogen) atoms. The molecule has 0 saturated carbocycles. The maximum atomic E-state index is 5.31. The zero-order valence-corrected chi connectivity index (χ0v) is 13.1. The number of methoxy groups -OCH3 is 1. The third-order valence-corrected chi connectivity index (χ3v) is 3.64. The van der Waals surface area contributed by atoms with E-state index in [0.717, 1.165) is 5.82 Å². The molecule has 0 aliphatic heterocycles. The van der Waals surface area contributed by atoms with Gasteiger partial charge in [0.05, 0.1) is 6.61 Å². The molecule has 1 aromatic carbocycles. The molecule has 0 aliphatic carbocycles. The summed E-state index contributed by atoms with van der Waals surface area (Å²) in [6, 6.07) is 6.60. The molecule has 1 unspecified atom stereocenters. The van der Waals surface area contributed by atoms with Crippen LogP contribution in [-0.4, -0.2) is 36.9 Å². The summed E-state index contributed by atoms with van der Waals surface area (Å²) in [7, 11) is 3.58. The van der Waals surface area contributed by atoms with E-state index in [9.17, 15) is 0 Å². The maximum Gasteiger partial charge on any atom is 0.228 e. The number of benzene rings is 1. The summed E-state index contributed by atoms with van der Waals surface area (Å²) in [6.07, 6.45) is 1.36. The fourth-order valence-electron chi connectivity index (χ4n) is 2.20. The molecule has 2 rings (SSSR count). The molecular weight excluding hydrogens is 266 g/mol. The number of nitrogens with zero attached hydrogens (tertiary/aromatic N) is 2. The van der Waals surface area contributed by atoms with Gasteiger partial charge >= 0.3 is 0 Å². The van der Waals surface area contributed by atoms with Gasteiger partial charge in [-0.1, -0.05) is 23.4 Å². The van der Waals surface area contributed by atoms with E-state index in [1.807, 2.05) is 7.05 Å². The number of likely N-dealkylation sites (N-methyl/N-ethyl adjacent to an activating group) is 1. The highest BCUT2D eigenvalue weighted by Gasteiger charge is 2.13. The number of nitrogens with one attached hydrogen (secondary N) is 1. The Bertz CT molecular complexity index is 581. The van der Waals surface area contributed by atoms with Gasteiger partial charge in [0.2, 0.25) is 5.89 Å². The number of ether oxygens (including phenoxy) is 1. The molecule has 114 valence electrons. The zero-order valence-electron chi connectivity index (χ0n) is 13.1. The molecule has 5 nitrogen and oxygen atoms in total. The van der Waals surface area contributed by atoms with E-state index in [-0.39, 0.29) is 6.04 Å². The molecule has 5 heteroatoms. The van der Waals surface area contributed by atoms with Crippen molar-refractivity contribution < 1.29 is 9.26 Å². The Morgan fingerprint density at radius 3 is 2.76 bits per heavy atom. The summed E-state index contributed by atoms with van der Waals surface area (Å²) in [4.78, 5) is 4.45. The average Bonchev–Trinajstić information content (AvgIpc) is 2.89. The van der Waals surface area contributed by atoms with Crippen molar-refractivity contribution >= 4 is 0 Å². The van der Waals surface area contributed by atoms with Crippen molar-refractivity contribution in [2.75, 3.05) is 20.8 Å². The molecule has 0 bridgehead atoms. The summed E-state index contributed by atoms with van der Waals surface area (Å²) < 4.78 is 10.5. The SMILES string of the molecule is CNC(COC)Cc1nc(Cc2ccc(C)c(C)c2)no1. The average molecular weight is 289 g/mol. The number of aromatic nitrogens is 2. The highest BCUT2D eigenvalue weighted by atomic mass is 16.5. The van der Waals surface area contributed by atoms with Crippen LogP contribution in [0.3, 0.4) is 0 Å². The first kappa shape index (κ1) is 15.7. The molecule has 1 heterocycles. The van der Waals surface area contributed by atoms with E-state index in [4.69, 9.17) is 9.26 Å². The van der Waals surface area contributed by atoms with Gasteiger partial charge < -0.3 is 14.6 Å². The first-order valence-corrected chi connectivity index (χ1v) is 7.16. The van der Waals surface area contributed by atoms with Crippen molar-refractivity contribution in [2.45, 2.75) is 32.7 Å². The van der Waals surface area contributed by atoms with Gasteiger partial charge in [-0.15, -0.1) is 0 Å². The minimum Gasteiger partial charge on any atom is -0.383 e. The van der Waals surface area contributed by atoms with Crippen molar-refractivity contribution in [3.63, 3.8) is 0 Å². The lowest BCUT2D eigenvalue weighted by atomic mass is 10.0. The second-order valence-corrected chi connectivity index (χ2v) is 5.34. The summed E-state index contributed by atoms with van der Waals surface area (Å²) in [5.74, 6) is 1.37. The van der Waals surface area contributed by atoms with Gasteiger partial charge in [0.25, 0.3) is 0 Å². The van der Waals surface area contributed by atoms with Gasteiger partial charge in [-0.25, -0.2) is 0 Å². The van der Waals surface area contributed by atoms with E-state index in [1.165, 1.54) is 16.7 Å². The largest absolute Gasteiger partial charge is 0.383 e. The van der Waals surface area contributed by atoms with Crippen LogP contribution in [0.5, 0.6) is 0 Å². The third-order valence-electron chi connectivity index (χ3n) is 3.64. The summed E-state index contributed by atoms with van der Waals surface area (Å²) in [5.41, 5.74) is 3.78.